The van der Waals surface area contributed by atoms with E-state index in [-0.39, 0.29) is 6.04 Å². The van der Waals surface area contributed by atoms with E-state index >= 15 is 0 Å². The molecule has 0 bridgehead atoms. The molecule has 4 nitrogen and oxygen atoms in total. The van der Waals surface area contributed by atoms with Crippen LogP contribution >= 0.6 is 0 Å². The van der Waals surface area contributed by atoms with Gasteiger partial charge in [0.05, 0.1) is 0 Å². The molecule has 2 amide bonds. The molecular weight excluding hydrogens is 122 g/mol. The number of amides is 2. The van der Waals surface area contributed by atoms with Crippen molar-refractivity contribution in [2.24, 2.45) is 0 Å². The molecule has 0 aliphatic carbocycles. The van der Waals surface area contributed by atoms with Crippen LogP contribution in [0.15, 0.2) is 0 Å². The first-order valence-electron chi connectivity index (χ1n) is 2.56. The van der Waals surface area contributed by atoms with E-state index in [4.69, 9.17) is 5.11 Å². The van der Waals surface area contributed by atoms with Gasteiger partial charge >= 0.3 is 6.09 Å². The van der Waals surface area contributed by atoms with Crippen LogP contribution in [0, 0.1) is 0 Å². The molecule has 0 aromatic heterocycles. The molecule has 0 fully saturated rings. The standard InChI is InChI=1S/C5H9NO3/c1-4(2)6(3-7)5(8)9/h3-4H,1-2H3,(H,8,9). The highest BCUT2D eigenvalue weighted by molar-refractivity contribution is 5.78. The SMILES string of the molecule is CC(C)N(C=O)C(=O)O. The zero-order valence-electron chi connectivity index (χ0n) is 5.37. The van der Waals surface area contributed by atoms with Crippen molar-refractivity contribution in [3.8, 4) is 0 Å². The van der Waals surface area contributed by atoms with Gasteiger partial charge < -0.3 is 5.11 Å². The van der Waals surface area contributed by atoms with E-state index in [2.05, 4.69) is 0 Å². The zero-order chi connectivity index (χ0) is 7.44. The van der Waals surface area contributed by atoms with E-state index in [1.165, 1.54) is 0 Å². The Bertz CT molecular complexity index is 121. The Kier molecular flexibility index (Phi) is 2.70. The monoisotopic (exact) mass is 131 g/mol. The van der Waals surface area contributed by atoms with E-state index < -0.39 is 6.09 Å². The maximum absolute atomic E-state index is 10.1. The molecule has 0 radical (unpaired) electrons. The van der Waals surface area contributed by atoms with E-state index in [1.54, 1.807) is 13.8 Å². The summed E-state index contributed by atoms with van der Waals surface area (Å²) in [6.45, 7) is 3.26. The lowest BCUT2D eigenvalue weighted by Crippen LogP contribution is -2.34. The average Bonchev–Trinajstić information content (AvgIpc) is 1.64. The van der Waals surface area contributed by atoms with Gasteiger partial charge in [-0.15, -0.1) is 0 Å². The Morgan fingerprint density at radius 1 is 1.67 bits per heavy atom. The van der Waals surface area contributed by atoms with Crippen molar-refractivity contribution >= 4 is 12.5 Å². The van der Waals surface area contributed by atoms with Crippen molar-refractivity contribution in [3.05, 3.63) is 0 Å². The summed E-state index contributed by atoms with van der Waals surface area (Å²) in [7, 11) is 0. The van der Waals surface area contributed by atoms with Crippen LogP contribution in [0.4, 0.5) is 4.79 Å². The number of imide groups is 1. The van der Waals surface area contributed by atoms with Crippen molar-refractivity contribution < 1.29 is 14.7 Å². The van der Waals surface area contributed by atoms with Gasteiger partial charge in [-0.05, 0) is 13.8 Å². The third-order valence-corrected chi connectivity index (χ3v) is 0.891. The molecule has 0 saturated carbocycles. The van der Waals surface area contributed by atoms with Crippen molar-refractivity contribution in [2.75, 3.05) is 0 Å². The molecule has 4 heteroatoms. The Morgan fingerprint density at radius 3 is 2.11 bits per heavy atom. The van der Waals surface area contributed by atoms with Gasteiger partial charge in [0.1, 0.15) is 0 Å². The quantitative estimate of drug-likeness (QED) is 0.556. The fraction of sp³-hybridized carbons (Fsp3) is 0.600. The Morgan fingerprint density at radius 2 is 2.11 bits per heavy atom. The molecule has 52 valence electrons. The van der Waals surface area contributed by atoms with Crippen LogP contribution in [0.3, 0.4) is 0 Å². The van der Waals surface area contributed by atoms with Crippen LogP contribution < -0.4 is 0 Å². The molecule has 0 saturated heterocycles. The lowest BCUT2D eigenvalue weighted by molar-refractivity contribution is -0.117. The number of hydrogen-bond donors (Lipinski definition) is 1. The van der Waals surface area contributed by atoms with Gasteiger partial charge in [-0.2, -0.15) is 0 Å². The predicted octanol–water partition coefficient (Wildman–Crippen LogP) is 0.531. The van der Waals surface area contributed by atoms with Crippen molar-refractivity contribution in [2.45, 2.75) is 19.9 Å². The second kappa shape index (κ2) is 3.06. The summed E-state index contributed by atoms with van der Waals surface area (Å²) < 4.78 is 0. The largest absolute Gasteiger partial charge is 0.465 e. The summed E-state index contributed by atoms with van der Waals surface area (Å²) in [5.74, 6) is 0. The van der Waals surface area contributed by atoms with E-state index in [9.17, 15) is 9.59 Å². The number of nitrogens with zero attached hydrogens (tertiary/aromatic N) is 1. The Labute approximate surface area is 53.1 Å². The molecule has 0 aliphatic rings. The first-order valence-corrected chi connectivity index (χ1v) is 2.56. The minimum Gasteiger partial charge on any atom is -0.465 e. The van der Waals surface area contributed by atoms with E-state index in [1.807, 2.05) is 0 Å². The van der Waals surface area contributed by atoms with Crippen molar-refractivity contribution in [1.29, 1.82) is 0 Å². The fourth-order valence-corrected chi connectivity index (χ4v) is 0.388. The van der Waals surface area contributed by atoms with Gasteiger partial charge in [-0.1, -0.05) is 0 Å². The van der Waals surface area contributed by atoms with Gasteiger partial charge in [0.25, 0.3) is 0 Å². The third kappa shape index (κ3) is 2.12. The third-order valence-electron chi connectivity index (χ3n) is 0.891. The second-order valence-electron chi connectivity index (χ2n) is 1.89. The topological polar surface area (TPSA) is 57.6 Å². The Hall–Kier alpha value is -1.06. The minimum atomic E-state index is -1.21. The highest BCUT2D eigenvalue weighted by Crippen LogP contribution is 1.92. The molecule has 0 rings (SSSR count). The minimum absolute atomic E-state index is 0.278. The average molecular weight is 131 g/mol. The van der Waals surface area contributed by atoms with E-state index in [0.29, 0.717) is 11.3 Å². The van der Waals surface area contributed by atoms with Crippen LogP contribution in [-0.2, 0) is 4.79 Å². The van der Waals surface area contributed by atoms with Crippen LogP contribution in [-0.4, -0.2) is 28.6 Å². The first-order chi connectivity index (χ1) is 4.09. The molecule has 9 heavy (non-hydrogen) atoms. The molecular formula is C5H9NO3. The smallest absolute Gasteiger partial charge is 0.414 e. The van der Waals surface area contributed by atoms with Crippen LogP contribution in [0.2, 0.25) is 0 Å². The van der Waals surface area contributed by atoms with E-state index in [0.717, 1.165) is 0 Å². The lowest BCUT2D eigenvalue weighted by Gasteiger charge is -2.14. The summed E-state index contributed by atoms with van der Waals surface area (Å²) in [6.07, 6.45) is -0.910. The molecule has 1 N–H and O–H groups in total. The normalized spacial score (nSPS) is 9.22. The zero-order valence-corrected chi connectivity index (χ0v) is 5.37. The molecule has 0 spiro atoms. The summed E-state index contributed by atoms with van der Waals surface area (Å²) in [6, 6.07) is -0.278. The number of carbonyl (C=O) groups is 2. The molecule has 0 aliphatic heterocycles. The maximum Gasteiger partial charge on any atom is 0.414 e. The highest BCUT2D eigenvalue weighted by Gasteiger charge is 2.12. The number of carbonyl (C=O) groups excluding carboxylic acids is 1. The molecule has 0 heterocycles. The highest BCUT2D eigenvalue weighted by atomic mass is 16.4. The number of carboxylic acid groups (broad SMARTS) is 1. The molecule has 0 atom stereocenters. The summed E-state index contributed by atoms with van der Waals surface area (Å²) in [4.78, 5) is 20.7. The lowest BCUT2D eigenvalue weighted by atomic mass is 10.4. The van der Waals surface area contributed by atoms with Gasteiger partial charge in [-0.25, -0.2) is 9.69 Å². The maximum atomic E-state index is 10.1. The summed E-state index contributed by atoms with van der Waals surface area (Å²) >= 11 is 0. The molecule has 0 aromatic carbocycles. The van der Waals surface area contributed by atoms with Gasteiger partial charge in [0.2, 0.25) is 6.41 Å². The van der Waals surface area contributed by atoms with Gasteiger partial charge in [0, 0.05) is 6.04 Å². The van der Waals surface area contributed by atoms with Crippen molar-refractivity contribution in [3.63, 3.8) is 0 Å². The van der Waals surface area contributed by atoms with Crippen LogP contribution in [0.5, 0.6) is 0 Å². The fourth-order valence-electron chi connectivity index (χ4n) is 0.388. The second-order valence-corrected chi connectivity index (χ2v) is 1.89. The predicted molar refractivity (Wildman–Crippen MR) is 31.1 cm³/mol. The van der Waals surface area contributed by atoms with Gasteiger partial charge in [0.15, 0.2) is 0 Å². The Balaban J connectivity index is 3.98. The first kappa shape index (κ1) is 7.94. The molecule has 0 unspecified atom stereocenters. The van der Waals surface area contributed by atoms with Crippen LogP contribution in [0.25, 0.3) is 0 Å². The van der Waals surface area contributed by atoms with Crippen LogP contribution in [0.1, 0.15) is 13.8 Å². The number of hydrogen-bond acceptors (Lipinski definition) is 2. The summed E-state index contributed by atoms with van der Waals surface area (Å²) in [5.41, 5.74) is 0. The number of rotatable bonds is 2. The summed E-state index contributed by atoms with van der Waals surface area (Å²) in [5, 5.41) is 8.24. The van der Waals surface area contributed by atoms with Gasteiger partial charge in [-0.3, -0.25) is 4.79 Å². The van der Waals surface area contributed by atoms with Crippen molar-refractivity contribution in [1.82, 2.24) is 4.90 Å². The molecule has 0 aromatic rings.